The van der Waals surface area contributed by atoms with Crippen LogP contribution >= 0.6 is 0 Å². The number of nitrogens with zero attached hydrogens (tertiary/aromatic N) is 2. The number of piperidine rings is 1. The fraction of sp³-hybridized carbons (Fsp3) is 0.600. The summed E-state index contributed by atoms with van der Waals surface area (Å²) in [5.74, 6) is 0. The van der Waals surface area contributed by atoms with Crippen LogP contribution in [0.4, 0.5) is 0 Å². The van der Waals surface area contributed by atoms with Crippen molar-refractivity contribution in [2.45, 2.75) is 32.1 Å². The standard InChI is InChI=1S/C6H4N2O.C5H11N.C4H12N4/c1-2-5-6(7-3-1)9-4-8-5;1-2-4-6-5-3-1;1-2-4-6-8-7-5-3-1/h1-4H;6H,1-5H2;5-8H,1-4H2. The van der Waals surface area contributed by atoms with E-state index in [-0.39, 0.29) is 0 Å². The molecule has 2 aliphatic heterocycles. The molecular formula is C15H27N7O. The first-order chi connectivity index (χ1) is 11.5. The third kappa shape index (κ3) is 8.00. The van der Waals surface area contributed by atoms with Gasteiger partial charge in [-0.05, 0) is 50.9 Å². The van der Waals surface area contributed by atoms with Crippen LogP contribution in [0.2, 0.25) is 0 Å². The van der Waals surface area contributed by atoms with E-state index < -0.39 is 0 Å². The number of aromatic nitrogens is 2. The molecule has 0 atom stereocenters. The predicted octanol–water partition coefficient (Wildman–Crippen LogP) is 0.866. The minimum atomic E-state index is 0.595. The Bertz CT molecular complexity index is 449. The molecule has 8 heteroatoms. The second-order valence-corrected chi connectivity index (χ2v) is 5.30. The van der Waals surface area contributed by atoms with Gasteiger partial charge in [-0.1, -0.05) is 6.42 Å². The Morgan fingerprint density at radius 2 is 1.52 bits per heavy atom. The molecule has 128 valence electrons. The van der Waals surface area contributed by atoms with Crippen LogP contribution in [-0.4, -0.2) is 36.1 Å². The lowest BCUT2D eigenvalue weighted by molar-refractivity contribution is 0.337. The third-order valence-electron chi connectivity index (χ3n) is 3.41. The van der Waals surface area contributed by atoms with E-state index >= 15 is 0 Å². The highest BCUT2D eigenvalue weighted by atomic mass is 16.3. The molecule has 0 saturated carbocycles. The third-order valence-corrected chi connectivity index (χ3v) is 3.41. The van der Waals surface area contributed by atoms with Gasteiger partial charge in [0.05, 0.1) is 0 Å². The van der Waals surface area contributed by atoms with Gasteiger partial charge in [-0.25, -0.2) is 20.8 Å². The van der Waals surface area contributed by atoms with E-state index in [4.69, 9.17) is 4.42 Å². The quantitative estimate of drug-likeness (QED) is 0.487. The number of rotatable bonds is 0. The van der Waals surface area contributed by atoms with Crippen LogP contribution in [0.25, 0.3) is 11.2 Å². The zero-order valence-electron chi connectivity index (χ0n) is 13.5. The molecule has 0 amide bonds. The summed E-state index contributed by atoms with van der Waals surface area (Å²) in [5.41, 5.74) is 12.9. The second-order valence-electron chi connectivity index (χ2n) is 5.30. The number of pyridine rings is 1. The molecule has 2 aromatic heterocycles. The van der Waals surface area contributed by atoms with Crippen LogP contribution in [0.5, 0.6) is 0 Å². The fourth-order valence-electron chi connectivity index (χ4n) is 2.15. The number of hydrazine groups is 3. The smallest absolute Gasteiger partial charge is 0.246 e. The van der Waals surface area contributed by atoms with Crippen molar-refractivity contribution in [3.8, 4) is 0 Å². The van der Waals surface area contributed by atoms with Crippen LogP contribution in [0.1, 0.15) is 32.1 Å². The van der Waals surface area contributed by atoms with Gasteiger partial charge in [-0.2, -0.15) is 11.1 Å². The van der Waals surface area contributed by atoms with Gasteiger partial charge < -0.3 is 9.73 Å². The average molecular weight is 321 g/mol. The Morgan fingerprint density at radius 1 is 0.826 bits per heavy atom. The molecule has 0 unspecified atom stereocenters. The highest BCUT2D eigenvalue weighted by Gasteiger charge is 1.94. The molecule has 4 heterocycles. The summed E-state index contributed by atoms with van der Waals surface area (Å²) in [6.07, 6.45) is 9.72. The number of nitrogens with one attached hydrogen (secondary N) is 5. The van der Waals surface area contributed by atoms with Gasteiger partial charge >= 0.3 is 0 Å². The predicted molar refractivity (Wildman–Crippen MR) is 90.0 cm³/mol. The van der Waals surface area contributed by atoms with Gasteiger partial charge in [0.2, 0.25) is 5.71 Å². The van der Waals surface area contributed by atoms with Gasteiger partial charge in [-0.3, -0.25) is 0 Å². The molecule has 2 aliphatic rings. The van der Waals surface area contributed by atoms with Gasteiger partial charge in [0.15, 0.2) is 6.39 Å². The highest BCUT2D eigenvalue weighted by molar-refractivity contribution is 5.66. The lowest BCUT2D eigenvalue weighted by Crippen LogP contribution is -2.52. The Balaban J connectivity index is 0.000000128. The molecule has 0 spiro atoms. The van der Waals surface area contributed by atoms with Gasteiger partial charge in [0, 0.05) is 19.3 Å². The first-order valence-electron chi connectivity index (χ1n) is 8.27. The Kier molecular flexibility index (Phi) is 9.21. The van der Waals surface area contributed by atoms with Crippen LogP contribution in [-0.2, 0) is 0 Å². The first-order valence-corrected chi connectivity index (χ1v) is 8.27. The van der Waals surface area contributed by atoms with Crippen LogP contribution in [0.3, 0.4) is 0 Å². The van der Waals surface area contributed by atoms with Crippen molar-refractivity contribution in [3.05, 3.63) is 24.7 Å². The van der Waals surface area contributed by atoms with Crippen molar-refractivity contribution in [1.82, 2.24) is 37.2 Å². The van der Waals surface area contributed by atoms with E-state index in [2.05, 4.69) is 37.2 Å². The van der Waals surface area contributed by atoms with Crippen molar-refractivity contribution in [2.75, 3.05) is 26.2 Å². The summed E-state index contributed by atoms with van der Waals surface area (Å²) >= 11 is 0. The maximum Gasteiger partial charge on any atom is 0.246 e. The van der Waals surface area contributed by atoms with Crippen LogP contribution in [0.15, 0.2) is 29.1 Å². The lowest BCUT2D eigenvalue weighted by Gasteiger charge is -2.12. The minimum absolute atomic E-state index is 0.595. The van der Waals surface area contributed by atoms with E-state index in [9.17, 15) is 0 Å². The number of fused-ring (bicyclic) bond motifs is 1. The molecule has 0 aliphatic carbocycles. The summed E-state index contributed by atoms with van der Waals surface area (Å²) < 4.78 is 4.90. The zero-order valence-corrected chi connectivity index (χ0v) is 13.5. The topological polar surface area (TPSA) is 99.1 Å². The maximum atomic E-state index is 4.90. The molecule has 4 rings (SSSR count). The van der Waals surface area contributed by atoms with Gasteiger partial charge in [0.1, 0.15) is 5.52 Å². The molecule has 8 nitrogen and oxygen atoms in total. The Labute approximate surface area is 136 Å². The zero-order chi connectivity index (χ0) is 16.0. The minimum Gasteiger partial charge on any atom is -0.425 e. The average Bonchev–Trinajstić information content (AvgIpc) is 3.06. The van der Waals surface area contributed by atoms with E-state index in [1.54, 1.807) is 6.20 Å². The normalized spacial score (nSPS) is 18.6. The molecule has 0 radical (unpaired) electrons. The van der Waals surface area contributed by atoms with E-state index in [0.29, 0.717) is 5.71 Å². The van der Waals surface area contributed by atoms with Crippen molar-refractivity contribution in [3.63, 3.8) is 0 Å². The SMILES string of the molecule is C1CCNCC1.C1CCNNNNC1.c1cnc2ocnc2c1. The molecule has 2 aromatic rings. The molecular weight excluding hydrogens is 294 g/mol. The Hall–Kier alpha value is -1.58. The lowest BCUT2D eigenvalue weighted by atomic mass is 10.2. The van der Waals surface area contributed by atoms with Crippen molar-refractivity contribution in [1.29, 1.82) is 0 Å². The first kappa shape index (κ1) is 17.8. The molecule has 2 saturated heterocycles. The van der Waals surface area contributed by atoms with Crippen molar-refractivity contribution >= 4 is 11.2 Å². The summed E-state index contributed by atoms with van der Waals surface area (Å²) in [5, 5.41) is 3.28. The molecule has 0 bridgehead atoms. The van der Waals surface area contributed by atoms with E-state index in [1.165, 1.54) is 51.6 Å². The number of hydrogen-bond acceptors (Lipinski definition) is 8. The Morgan fingerprint density at radius 3 is 2.09 bits per heavy atom. The second kappa shape index (κ2) is 11.9. The van der Waals surface area contributed by atoms with Crippen molar-refractivity contribution < 1.29 is 4.42 Å². The number of oxazole rings is 1. The van der Waals surface area contributed by atoms with Gasteiger partial charge in [0.25, 0.3) is 0 Å². The molecule has 23 heavy (non-hydrogen) atoms. The summed E-state index contributed by atoms with van der Waals surface area (Å²) in [4.78, 5) is 7.80. The van der Waals surface area contributed by atoms with Crippen LogP contribution < -0.4 is 27.2 Å². The largest absolute Gasteiger partial charge is 0.425 e. The highest BCUT2D eigenvalue weighted by Crippen LogP contribution is 2.05. The van der Waals surface area contributed by atoms with Gasteiger partial charge in [-0.15, -0.1) is 0 Å². The maximum absolute atomic E-state index is 4.90. The monoisotopic (exact) mass is 321 g/mol. The molecule has 0 aromatic carbocycles. The van der Waals surface area contributed by atoms with E-state index in [1.807, 2.05) is 12.1 Å². The van der Waals surface area contributed by atoms with Crippen LogP contribution in [0, 0.1) is 0 Å². The molecule has 5 N–H and O–H groups in total. The molecule has 2 fully saturated rings. The summed E-state index contributed by atoms with van der Waals surface area (Å²) in [7, 11) is 0. The van der Waals surface area contributed by atoms with E-state index in [0.717, 1.165) is 18.6 Å². The fourth-order valence-corrected chi connectivity index (χ4v) is 2.15. The summed E-state index contributed by atoms with van der Waals surface area (Å²) in [6, 6.07) is 3.68. The summed E-state index contributed by atoms with van der Waals surface area (Å²) in [6.45, 7) is 4.57. The van der Waals surface area contributed by atoms with Crippen molar-refractivity contribution in [2.24, 2.45) is 0 Å². The number of hydrogen-bond donors (Lipinski definition) is 5.